The van der Waals surface area contributed by atoms with Gasteiger partial charge in [0.1, 0.15) is 5.25 Å². The van der Waals surface area contributed by atoms with Crippen LogP contribution in [0.3, 0.4) is 0 Å². The first-order valence-corrected chi connectivity index (χ1v) is 9.11. The Hall–Kier alpha value is -1.47. The quantitative estimate of drug-likeness (QED) is 0.800. The van der Waals surface area contributed by atoms with E-state index in [1.165, 1.54) is 16.4 Å². The Morgan fingerprint density at radius 3 is 2.58 bits per heavy atom. The van der Waals surface area contributed by atoms with Crippen LogP contribution in [0.1, 0.15) is 24.0 Å². The van der Waals surface area contributed by atoms with Gasteiger partial charge in [-0.1, -0.05) is 0 Å². The largest absolute Gasteiger partial charge is 0.417 e. The lowest BCUT2D eigenvalue weighted by atomic mass is 9.89. The van der Waals surface area contributed by atoms with Gasteiger partial charge in [0.05, 0.1) is 35.1 Å². The molecular formula is C15H15F3N2O3S. The van der Waals surface area contributed by atoms with Gasteiger partial charge in [-0.15, -0.1) is 10.8 Å². The lowest BCUT2D eigenvalue weighted by Gasteiger charge is -2.43. The summed E-state index contributed by atoms with van der Waals surface area (Å²) in [6.45, 7) is 0.247. The van der Waals surface area contributed by atoms with Crippen LogP contribution < -0.4 is 4.31 Å². The number of ether oxygens (including phenoxy) is 1. The highest BCUT2D eigenvalue weighted by Gasteiger charge is 2.61. The average molecular weight is 360 g/mol. The van der Waals surface area contributed by atoms with Gasteiger partial charge in [-0.3, -0.25) is 13.4 Å². The molecule has 3 saturated heterocycles. The molecule has 3 aliphatic heterocycles. The molecule has 0 amide bonds. The van der Waals surface area contributed by atoms with Crippen molar-refractivity contribution in [2.24, 2.45) is 5.92 Å². The van der Waals surface area contributed by atoms with E-state index in [4.69, 9.17) is 10.00 Å². The number of rotatable bonds is 1. The van der Waals surface area contributed by atoms with Crippen LogP contribution in [0.5, 0.6) is 0 Å². The maximum atomic E-state index is 13.2. The number of anilines is 1. The Morgan fingerprint density at radius 2 is 1.96 bits per heavy atom. The molecule has 3 fully saturated rings. The fourth-order valence-corrected chi connectivity index (χ4v) is 6.57. The number of halogens is 3. The van der Waals surface area contributed by atoms with E-state index in [1.54, 1.807) is 0 Å². The van der Waals surface area contributed by atoms with Crippen molar-refractivity contribution >= 4 is 16.5 Å². The normalized spacial score (nSPS) is 34.9. The number of hydrogen-bond donors (Lipinski definition) is 2. The number of fused-ring (bicyclic) bond motifs is 5. The molecule has 0 saturated carbocycles. The molecule has 3 heterocycles. The zero-order valence-electron chi connectivity index (χ0n) is 12.4. The smallest absolute Gasteiger partial charge is 0.373 e. The first-order chi connectivity index (χ1) is 11.2. The van der Waals surface area contributed by atoms with E-state index in [0.29, 0.717) is 0 Å². The van der Waals surface area contributed by atoms with Crippen LogP contribution in [-0.2, 0) is 10.9 Å². The predicted molar refractivity (Wildman–Crippen MR) is 81.5 cm³/mol. The summed E-state index contributed by atoms with van der Waals surface area (Å²) in [6.07, 6.45) is -3.39. The monoisotopic (exact) mass is 360 g/mol. The third kappa shape index (κ3) is 2.14. The molecule has 5 nitrogen and oxygen atoms in total. The Bertz CT molecular complexity index is 734. The summed E-state index contributed by atoms with van der Waals surface area (Å²) in [5.41, 5.74) is -1.46. The van der Waals surface area contributed by atoms with E-state index >= 15 is 0 Å². The molecule has 1 aromatic rings. The average Bonchev–Trinajstić information content (AvgIpc) is 3.18. The third-order valence-electron chi connectivity index (χ3n) is 5.13. The number of hydrogen-bond acceptors (Lipinski definition) is 5. The van der Waals surface area contributed by atoms with Crippen LogP contribution >= 0.6 is 10.8 Å². The van der Waals surface area contributed by atoms with Gasteiger partial charge < -0.3 is 4.74 Å². The second-order valence-electron chi connectivity index (χ2n) is 6.38. The fraction of sp³-hybridized carbons (Fsp3) is 0.533. The van der Waals surface area contributed by atoms with Crippen LogP contribution in [0, 0.1) is 17.2 Å². The maximum Gasteiger partial charge on any atom is 0.417 e. The fourth-order valence-electron chi connectivity index (χ4n) is 4.12. The van der Waals surface area contributed by atoms with Gasteiger partial charge in [0.15, 0.2) is 0 Å². The molecule has 130 valence electrons. The van der Waals surface area contributed by atoms with Crippen molar-refractivity contribution < 1.29 is 27.0 Å². The summed E-state index contributed by atoms with van der Waals surface area (Å²) in [4.78, 5) is 0. The van der Waals surface area contributed by atoms with Crippen LogP contribution in [0.25, 0.3) is 0 Å². The van der Waals surface area contributed by atoms with E-state index in [-0.39, 0.29) is 30.4 Å². The summed E-state index contributed by atoms with van der Waals surface area (Å²) in [5, 5.41) is 8.42. The standard InChI is InChI=1S/C15H15F3N2O3S/c16-15(17,18)11-5-9(2-1-8(11)6-19)20-7-10-12-3-4-13(23-12)14(10)24(20,21)22/h1-2,5,10,12-14,21-22H,3-4,7H2/t10-,12-,13?,14-/m0/s1. The van der Waals surface area contributed by atoms with Gasteiger partial charge >= 0.3 is 6.18 Å². The number of alkyl halides is 3. The van der Waals surface area contributed by atoms with Crippen molar-refractivity contribution in [2.45, 2.75) is 36.5 Å². The van der Waals surface area contributed by atoms with Crippen LogP contribution in [0.4, 0.5) is 18.9 Å². The van der Waals surface area contributed by atoms with Gasteiger partial charge in [0.25, 0.3) is 0 Å². The van der Waals surface area contributed by atoms with Gasteiger partial charge in [0, 0.05) is 12.5 Å². The molecule has 1 unspecified atom stereocenters. The van der Waals surface area contributed by atoms with E-state index in [1.807, 2.05) is 0 Å². The molecular weight excluding hydrogens is 345 g/mol. The molecule has 4 rings (SSSR count). The summed E-state index contributed by atoms with van der Waals surface area (Å²) in [6, 6.07) is 4.77. The highest BCUT2D eigenvalue weighted by atomic mass is 32.3. The van der Waals surface area contributed by atoms with Crippen LogP contribution in [0.15, 0.2) is 18.2 Å². The highest BCUT2D eigenvalue weighted by Crippen LogP contribution is 2.65. The Kier molecular flexibility index (Phi) is 3.35. The highest BCUT2D eigenvalue weighted by molar-refractivity contribution is 8.26. The molecule has 0 aromatic heterocycles. The predicted octanol–water partition coefficient (Wildman–Crippen LogP) is 3.61. The van der Waals surface area contributed by atoms with Gasteiger partial charge in [-0.25, -0.2) is 0 Å². The van der Waals surface area contributed by atoms with Crippen molar-refractivity contribution in [1.82, 2.24) is 0 Å². The molecule has 0 radical (unpaired) electrons. The molecule has 9 heteroatoms. The molecule has 2 N–H and O–H groups in total. The topological polar surface area (TPSA) is 76.7 Å². The van der Waals surface area contributed by atoms with E-state index in [0.717, 1.165) is 25.0 Å². The second-order valence-corrected chi connectivity index (χ2v) is 8.49. The first-order valence-electron chi connectivity index (χ1n) is 7.55. The zero-order chi connectivity index (χ0) is 17.3. The minimum absolute atomic E-state index is 0.0587. The van der Waals surface area contributed by atoms with Gasteiger partial charge in [0.2, 0.25) is 0 Å². The van der Waals surface area contributed by atoms with Crippen LogP contribution in [0.2, 0.25) is 0 Å². The number of nitriles is 1. The minimum Gasteiger partial charge on any atom is -0.373 e. The van der Waals surface area contributed by atoms with Crippen molar-refractivity contribution in [3.8, 4) is 6.07 Å². The summed E-state index contributed by atoms with van der Waals surface area (Å²) in [5.74, 6) is -0.0845. The Balaban J connectivity index is 1.74. The summed E-state index contributed by atoms with van der Waals surface area (Å²) < 4.78 is 67.8. The molecule has 24 heavy (non-hydrogen) atoms. The molecule has 4 atom stereocenters. The van der Waals surface area contributed by atoms with E-state index in [9.17, 15) is 22.3 Å². The molecule has 1 aromatic carbocycles. The van der Waals surface area contributed by atoms with Crippen LogP contribution in [-0.4, -0.2) is 33.1 Å². The first kappa shape index (κ1) is 16.0. The van der Waals surface area contributed by atoms with Crippen molar-refractivity contribution in [3.05, 3.63) is 29.3 Å². The van der Waals surface area contributed by atoms with Crippen molar-refractivity contribution in [1.29, 1.82) is 5.26 Å². The number of nitrogens with zero attached hydrogens (tertiary/aromatic N) is 2. The van der Waals surface area contributed by atoms with Crippen molar-refractivity contribution in [2.75, 3.05) is 10.8 Å². The zero-order valence-corrected chi connectivity index (χ0v) is 13.2. The van der Waals surface area contributed by atoms with Gasteiger partial charge in [-0.05, 0) is 31.0 Å². The third-order valence-corrected chi connectivity index (χ3v) is 7.53. The lowest BCUT2D eigenvalue weighted by molar-refractivity contribution is -0.137. The maximum absolute atomic E-state index is 13.2. The lowest BCUT2D eigenvalue weighted by Crippen LogP contribution is -2.32. The minimum atomic E-state index is -4.68. The Labute approximate surface area is 138 Å². The molecule has 2 bridgehead atoms. The molecule has 3 aliphatic rings. The van der Waals surface area contributed by atoms with Crippen molar-refractivity contribution in [3.63, 3.8) is 0 Å². The van der Waals surface area contributed by atoms with Gasteiger partial charge in [-0.2, -0.15) is 18.4 Å². The number of benzene rings is 1. The SMILES string of the molecule is N#Cc1ccc(N2C[C@H]3[C@@H]4CCC(O4)[C@H]3S2(O)O)cc1C(F)(F)F. The van der Waals surface area contributed by atoms with E-state index < -0.39 is 33.3 Å². The summed E-state index contributed by atoms with van der Waals surface area (Å²) in [7, 11) is -3.27. The second kappa shape index (κ2) is 5.02. The molecule has 0 aliphatic carbocycles. The molecule has 0 spiro atoms. The summed E-state index contributed by atoms with van der Waals surface area (Å²) >= 11 is 0. The Morgan fingerprint density at radius 1 is 1.25 bits per heavy atom. The van der Waals surface area contributed by atoms with E-state index in [2.05, 4.69) is 0 Å².